The Balaban J connectivity index is 1.73. The minimum absolute atomic E-state index is 0.715. The fraction of sp³-hybridized carbons (Fsp3) is 0.480. The molecule has 0 fully saturated rings. The molecule has 0 bridgehead atoms. The van der Waals surface area contributed by atoms with Crippen molar-refractivity contribution in [2.45, 2.75) is 77.1 Å². The smallest absolute Gasteiger partial charge is 0.0991 e. The molecule has 0 N–H and O–H groups in total. The lowest BCUT2D eigenvalue weighted by Crippen LogP contribution is -2.30. The van der Waals surface area contributed by atoms with E-state index in [0.29, 0.717) is 5.56 Å². The number of benzene rings is 2. The van der Waals surface area contributed by atoms with Crippen molar-refractivity contribution in [1.29, 1.82) is 5.26 Å². The first-order chi connectivity index (χ1) is 13.2. The van der Waals surface area contributed by atoms with Crippen molar-refractivity contribution in [2.24, 2.45) is 0 Å². The van der Waals surface area contributed by atoms with Crippen LogP contribution in [0.25, 0.3) is 11.1 Å². The monoisotopic (exact) mass is 377 g/mol. The Morgan fingerprint density at radius 1 is 0.704 bits per heavy atom. The molecular formula is C25H35NSi. The van der Waals surface area contributed by atoms with Crippen LogP contribution >= 0.6 is 0 Å². The zero-order valence-corrected chi connectivity index (χ0v) is 18.4. The molecule has 2 aromatic carbocycles. The van der Waals surface area contributed by atoms with Gasteiger partial charge in [0.15, 0.2) is 0 Å². The van der Waals surface area contributed by atoms with Crippen molar-refractivity contribution < 1.29 is 0 Å². The SMILES string of the molecule is CC[Si](CC)(CC)CCCCCCc1ccc(-c2ccc(C#N)cc2)cc1. The number of rotatable bonds is 11. The summed E-state index contributed by atoms with van der Waals surface area (Å²) in [5, 5.41) is 8.90. The summed E-state index contributed by atoms with van der Waals surface area (Å²) in [7, 11) is -0.904. The van der Waals surface area contributed by atoms with Crippen LogP contribution in [0.1, 0.15) is 57.6 Å². The van der Waals surface area contributed by atoms with Crippen LogP contribution in [0, 0.1) is 11.3 Å². The molecule has 0 radical (unpaired) electrons. The minimum atomic E-state index is -0.904. The third kappa shape index (κ3) is 6.36. The minimum Gasteiger partial charge on any atom is -0.192 e. The van der Waals surface area contributed by atoms with Gasteiger partial charge < -0.3 is 0 Å². The van der Waals surface area contributed by atoms with Crippen molar-refractivity contribution >= 4 is 8.07 Å². The average Bonchev–Trinajstić information content (AvgIpc) is 2.74. The summed E-state index contributed by atoms with van der Waals surface area (Å²) in [6.07, 6.45) is 6.69. The highest BCUT2D eigenvalue weighted by Crippen LogP contribution is 2.28. The fourth-order valence-electron chi connectivity index (χ4n) is 4.06. The molecule has 0 aliphatic rings. The van der Waals surface area contributed by atoms with E-state index in [0.717, 1.165) is 0 Å². The first kappa shape index (κ1) is 21.4. The van der Waals surface area contributed by atoms with Crippen LogP contribution in [0.3, 0.4) is 0 Å². The molecule has 0 aliphatic heterocycles. The van der Waals surface area contributed by atoms with Crippen LogP contribution in [-0.4, -0.2) is 8.07 Å². The van der Waals surface area contributed by atoms with E-state index in [2.05, 4.69) is 51.1 Å². The van der Waals surface area contributed by atoms with Gasteiger partial charge in [-0.3, -0.25) is 0 Å². The van der Waals surface area contributed by atoms with Crippen molar-refractivity contribution in [3.63, 3.8) is 0 Å². The molecule has 2 rings (SSSR count). The molecule has 0 saturated heterocycles. The summed E-state index contributed by atoms with van der Waals surface area (Å²) in [4.78, 5) is 0. The van der Waals surface area contributed by atoms with Gasteiger partial charge in [-0.25, -0.2) is 0 Å². The fourth-order valence-corrected chi connectivity index (χ4v) is 7.62. The Morgan fingerprint density at radius 3 is 1.74 bits per heavy atom. The van der Waals surface area contributed by atoms with Gasteiger partial charge in [-0.05, 0) is 41.7 Å². The third-order valence-electron chi connectivity index (χ3n) is 6.47. The number of nitriles is 1. The molecule has 0 spiro atoms. The molecule has 2 heteroatoms. The molecule has 0 saturated carbocycles. The lowest BCUT2D eigenvalue weighted by molar-refractivity contribution is 0.661. The van der Waals surface area contributed by atoms with Gasteiger partial charge in [0.25, 0.3) is 0 Å². The van der Waals surface area contributed by atoms with E-state index in [9.17, 15) is 0 Å². The Bertz CT molecular complexity index is 697. The van der Waals surface area contributed by atoms with E-state index in [4.69, 9.17) is 5.26 Å². The normalized spacial score (nSPS) is 11.3. The summed E-state index contributed by atoms with van der Waals surface area (Å²) in [5.41, 5.74) is 4.55. The maximum Gasteiger partial charge on any atom is 0.0991 e. The predicted molar refractivity (Wildman–Crippen MR) is 121 cm³/mol. The van der Waals surface area contributed by atoms with Crippen LogP contribution in [0.4, 0.5) is 0 Å². The van der Waals surface area contributed by atoms with Crippen molar-refractivity contribution in [1.82, 2.24) is 0 Å². The number of hydrogen-bond donors (Lipinski definition) is 0. The summed E-state index contributed by atoms with van der Waals surface area (Å²) in [6, 6.07) is 24.9. The van der Waals surface area contributed by atoms with E-state index >= 15 is 0 Å². The zero-order chi connectivity index (χ0) is 19.5. The Kier molecular flexibility index (Phi) is 8.81. The molecule has 0 heterocycles. The molecule has 0 unspecified atom stereocenters. The van der Waals surface area contributed by atoms with Gasteiger partial charge in [0, 0.05) is 0 Å². The van der Waals surface area contributed by atoms with Gasteiger partial charge in [-0.15, -0.1) is 0 Å². The van der Waals surface area contributed by atoms with E-state index in [-0.39, 0.29) is 0 Å². The van der Waals surface area contributed by atoms with Crippen molar-refractivity contribution in [2.75, 3.05) is 0 Å². The molecule has 0 aromatic heterocycles. The van der Waals surface area contributed by atoms with Crippen LogP contribution in [0.2, 0.25) is 24.2 Å². The lowest BCUT2D eigenvalue weighted by atomic mass is 10.0. The van der Waals surface area contributed by atoms with Gasteiger partial charge in [-0.1, -0.05) is 101 Å². The molecular weight excluding hydrogens is 342 g/mol. The number of unbranched alkanes of at least 4 members (excludes halogenated alkanes) is 3. The van der Waals surface area contributed by atoms with Crippen LogP contribution in [-0.2, 0) is 6.42 Å². The summed E-state index contributed by atoms with van der Waals surface area (Å²) < 4.78 is 0. The predicted octanol–water partition coefficient (Wildman–Crippen LogP) is 7.84. The summed E-state index contributed by atoms with van der Waals surface area (Å²) in [6.45, 7) is 7.25. The van der Waals surface area contributed by atoms with Gasteiger partial charge >= 0.3 is 0 Å². The van der Waals surface area contributed by atoms with Crippen molar-refractivity contribution in [3.05, 3.63) is 59.7 Å². The Morgan fingerprint density at radius 2 is 1.22 bits per heavy atom. The largest absolute Gasteiger partial charge is 0.192 e. The molecule has 0 aliphatic carbocycles. The second kappa shape index (κ2) is 11.1. The molecule has 1 nitrogen and oxygen atoms in total. The van der Waals surface area contributed by atoms with Gasteiger partial charge in [0.05, 0.1) is 19.7 Å². The maximum atomic E-state index is 8.90. The van der Waals surface area contributed by atoms with Crippen molar-refractivity contribution in [3.8, 4) is 17.2 Å². The number of hydrogen-bond acceptors (Lipinski definition) is 1. The van der Waals surface area contributed by atoms with E-state index in [1.807, 2.05) is 24.3 Å². The van der Waals surface area contributed by atoms with Crippen LogP contribution in [0.5, 0.6) is 0 Å². The maximum absolute atomic E-state index is 8.90. The van der Waals surface area contributed by atoms with E-state index < -0.39 is 8.07 Å². The second-order valence-electron chi connectivity index (χ2n) is 7.86. The highest BCUT2D eigenvalue weighted by atomic mass is 28.3. The van der Waals surface area contributed by atoms with Gasteiger partial charge in [-0.2, -0.15) is 5.26 Å². The first-order valence-corrected chi connectivity index (χ1v) is 13.6. The Labute approximate surface area is 167 Å². The number of nitrogens with zero attached hydrogens (tertiary/aromatic N) is 1. The number of aryl methyl sites for hydroxylation is 1. The highest BCUT2D eigenvalue weighted by molar-refractivity contribution is 6.79. The van der Waals surface area contributed by atoms with E-state index in [1.54, 1.807) is 0 Å². The highest BCUT2D eigenvalue weighted by Gasteiger charge is 2.25. The molecule has 0 amide bonds. The van der Waals surface area contributed by atoms with Gasteiger partial charge in [0.2, 0.25) is 0 Å². The molecule has 0 atom stereocenters. The second-order valence-corrected chi connectivity index (χ2v) is 13.5. The van der Waals surface area contributed by atoms with E-state index in [1.165, 1.54) is 73.0 Å². The summed E-state index contributed by atoms with van der Waals surface area (Å²) in [5.74, 6) is 0. The zero-order valence-electron chi connectivity index (χ0n) is 17.4. The topological polar surface area (TPSA) is 23.8 Å². The first-order valence-electron chi connectivity index (χ1n) is 10.8. The van der Waals surface area contributed by atoms with Gasteiger partial charge in [0.1, 0.15) is 0 Å². The standard InChI is InChI=1S/C25H35NSi/c1-4-27(5-2,6-3)20-10-8-7-9-11-22-12-16-24(17-13-22)25-18-14-23(21-26)15-19-25/h12-19H,4-11,20H2,1-3H3. The third-order valence-corrected chi connectivity index (χ3v) is 12.4. The quantitative estimate of drug-likeness (QED) is 0.289. The van der Waals surface area contributed by atoms with Crippen LogP contribution < -0.4 is 0 Å². The summed E-state index contributed by atoms with van der Waals surface area (Å²) >= 11 is 0. The lowest BCUT2D eigenvalue weighted by Gasteiger charge is -2.28. The molecule has 2 aromatic rings. The molecule has 27 heavy (non-hydrogen) atoms. The molecule has 144 valence electrons. The average molecular weight is 378 g/mol. The Hall–Kier alpha value is -1.85. The van der Waals surface area contributed by atoms with Crippen LogP contribution in [0.15, 0.2) is 48.5 Å².